The van der Waals surface area contributed by atoms with Gasteiger partial charge < -0.3 is 10.1 Å². The summed E-state index contributed by atoms with van der Waals surface area (Å²) in [5.41, 5.74) is 1.95. The second kappa shape index (κ2) is 7.90. The number of halogens is 1. The van der Waals surface area contributed by atoms with Crippen LogP contribution < -0.4 is 5.32 Å². The molecule has 1 amide bonds. The molecule has 0 unspecified atom stereocenters. The highest BCUT2D eigenvalue weighted by Gasteiger charge is 2.16. The van der Waals surface area contributed by atoms with Crippen LogP contribution in [0.25, 0.3) is 0 Å². The molecule has 2 heterocycles. The summed E-state index contributed by atoms with van der Waals surface area (Å²) in [4.78, 5) is 16.5. The van der Waals surface area contributed by atoms with E-state index in [0.29, 0.717) is 18.9 Å². The Morgan fingerprint density at radius 1 is 1.48 bits per heavy atom. The average molecular weight is 351 g/mol. The zero-order chi connectivity index (χ0) is 16.1. The standard InChI is InChI=1S/C17H19ClN2O2S/c18-14-3-1-2-12(6-14)7-17-20-15(11-23-17)8-16(21)19-9-13-4-5-22-10-13/h1-3,6,11,13H,4-5,7-10H2,(H,19,21)/t13-/m0/s1. The van der Waals surface area contributed by atoms with Gasteiger partial charge in [0.1, 0.15) is 0 Å². The Kier molecular flexibility index (Phi) is 5.65. The first-order chi connectivity index (χ1) is 11.2. The lowest BCUT2D eigenvalue weighted by Gasteiger charge is -2.08. The first kappa shape index (κ1) is 16.4. The molecule has 1 fully saturated rings. The molecule has 6 heteroatoms. The van der Waals surface area contributed by atoms with Crippen molar-refractivity contribution < 1.29 is 9.53 Å². The van der Waals surface area contributed by atoms with Crippen LogP contribution in [0.1, 0.15) is 22.7 Å². The van der Waals surface area contributed by atoms with Crippen molar-refractivity contribution in [2.45, 2.75) is 19.3 Å². The van der Waals surface area contributed by atoms with E-state index in [1.54, 1.807) is 11.3 Å². The number of carbonyl (C=O) groups is 1. The van der Waals surface area contributed by atoms with E-state index < -0.39 is 0 Å². The maximum Gasteiger partial charge on any atom is 0.226 e. The van der Waals surface area contributed by atoms with E-state index in [0.717, 1.165) is 47.3 Å². The summed E-state index contributed by atoms with van der Waals surface area (Å²) in [6, 6.07) is 7.77. The number of amides is 1. The minimum Gasteiger partial charge on any atom is -0.381 e. The molecule has 23 heavy (non-hydrogen) atoms. The number of ether oxygens (including phenoxy) is 1. The summed E-state index contributed by atoms with van der Waals surface area (Å²) >= 11 is 7.58. The van der Waals surface area contributed by atoms with E-state index in [2.05, 4.69) is 10.3 Å². The largest absolute Gasteiger partial charge is 0.381 e. The van der Waals surface area contributed by atoms with E-state index >= 15 is 0 Å². The van der Waals surface area contributed by atoms with Gasteiger partial charge in [0.15, 0.2) is 0 Å². The Balaban J connectivity index is 1.49. The number of rotatable bonds is 6. The Morgan fingerprint density at radius 3 is 3.17 bits per heavy atom. The van der Waals surface area contributed by atoms with Gasteiger partial charge in [-0.3, -0.25) is 4.79 Å². The van der Waals surface area contributed by atoms with Gasteiger partial charge in [0.25, 0.3) is 0 Å². The van der Waals surface area contributed by atoms with Crippen LogP contribution in [-0.2, 0) is 22.4 Å². The molecule has 0 bridgehead atoms. The van der Waals surface area contributed by atoms with Gasteiger partial charge >= 0.3 is 0 Å². The van der Waals surface area contributed by atoms with Crippen molar-refractivity contribution in [2.75, 3.05) is 19.8 Å². The van der Waals surface area contributed by atoms with E-state index in [-0.39, 0.29) is 5.91 Å². The predicted octanol–water partition coefficient (Wildman–Crippen LogP) is 3.08. The van der Waals surface area contributed by atoms with Gasteiger partial charge in [0.2, 0.25) is 5.91 Å². The van der Waals surface area contributed by atoms with Crippen LogP contribution in [0.2, 0.25) is 5.02 Å². The maximum absolute atomic E-state index is 12.0. The Labute approximate surface area is 144 Å². The third-order valence-electron chi connectivity index (χ3n) is 3.80. The molecule has 1 saturated heterocycles. The van der Waals surface area contributed by atoms with Crippen LogP contribution in [-0.4, -0.2) is 30.6 Å². The SMILES string of the molecule is O=C(Cc1csc(Cc2cccc(Cl)c2)n1)NC[C@@H]1CCOC1. The number of carbonyl (C=O) groups excluding carboxylic acids is 1. The molecule has 1 atom stereocenters. The number of thiazole rings is 1. The highest BCUT2D eigenvalue weighted by molar-refractivity contribution is 7.09. The van der Waals surface area contributed by atoms with Gasteiger partial charge in [0.05, 0.1) is 23.7 Å². The third kappa shape index (κ3) is 5.03. The molecular formula is C17H19ClN2O2S. The molecule has 122 valence electrons. The molecule has 0 aliphatic carbocycles. The molecule has 1 N–H and O–H groups in total. The molecule has 0 spiro atoms. The fourth-order valence-corrected chi connectivity index (χ4v) is 3.60. The molecule has 0 radical (unpaired) electrons. The fraction of sp³-hybridized carbons (Fsp3) is 0.412. The van der Waals surface area contributed by atoms with Crippen molar-refractivity contribution in [2.24, 2.45) is 5.92 Å². The number of aromatic nitrogens is 1. The molecular weight excluding hydrogens is 332 g/mol. The lowest BCUT2D eigenvalue weighted by atomic mass is 10.1. The van der Waals surface area contributed by atoms with Gasteiger partial charge in [0, 0.05) is 35.9 Å². The lowest BCUT2D eigenvalue weighted by molar-refractivity contribution is -0.120. The molecule has 0 saturated carbocycles. The van der Waals surface area contributed by atoms with Gasteiger partial charge in [-0.15, -0.1) is 11.3 Å². The molecule has 1 aromatic carbocycles. The van der Waals surface area contributed by atoms with Crippen LogP contribution >= 0.6 is 22.9 Å². The van der Waals surface area contributed by atoms with Crippen molar-refractivity contribution in [3.8, 4) is 0 Å². The minimum atomic E-state index is 0.0245. The Hall–Kier alpha value is -1.43. The third-order valence-corrected chi connectivity index (χ3v) is 4.93. The summed E-state index contributed by atoms with van der Waals surface area (Å²) < 4.78 is 5.30. The first-order valence-corrected chi connectivity index (χ1v) is 8.97. The number of hydrogen-bond donors (Lipinski definition) is 1. The highest BCUT2D eigenvalue weighted by atomic mass is 35.5. The quantitative estimate of drug-likeness (QED) is 0.871. The molecule has 1 aliphatic heterocycles. The van der Waals surface area contributed by atoms with Gasteiger partial charge in [-0.2, -0.15) is 0 Å². The Bertz CT molecular complexity index is 668. The fourth-order valence-electron chi connectivity index (χ4n) is 2.56. The average Bonchev–Trinajstić information content (AvgIpc) is 3.17. The number of hydrogen-bond acceptors (Lipinski definition) is 4. The molecule has 2 aromatic rings. The van der Waals surface area contributed by atoms with Gasteiger partial charge in [-0.25, -0.2) is 4.98 Å². The summed E-state index contributed by atoms with van der Waals surface area (Å²) in [5, 5.41) is 6.65. The van der Waals surface area contributed by atoms with E-state index in [1.807, 2.05) is 29.6 Å². The van der Waals surface area contributed by atoms with Gasteiger partial charge in [-0.1, -0.05) is 23.7 Å². The van der Waals surface area contributed by atoms with Crippen LogP contribution in [0.4, 0.5) is 0 Å². The van der Waals surface area contributed by atoms with E-state index in [4.69, 9.17) is 16.3 Å². The van der Waals surface area contributed by atoms with Crippen molar-refractivity contribution in [3.05, 3.63) is 50.9 Å². The topological polar surface area (TPSA) is 51.2 Å². The maximum atomic E-state index is 12.0. The van der Waals surface area contributed by atoms with Crippen molar-refractivity contribution in [1.82, 2.24) is 10.3 Å². The second-order valence-corrected chi connectivity index (χ2v) is 7.13. The number of benzene rings is 1. The predicted molar refractivity (Wildman–Crippen MR) is 92.0 cm³/mol. The lowest BCUT2D eigenvalue weighted by Crippen LogP contribution is -2.30. The summed E-state index contributed by atoms with van der Waals surface area (Å²) in [6.07, 6.45) is 2.10. The van der Waals surface area contributed by atoms with Crippen LogP contribution in [0, 0.1) is 5.92 Å². The number of nitrogens with zero attached hydrogens (tertiary/aromatic N) is 1. The minimum absolute atomic E-state index is 0.0245. The van der Waals surface area contributed by atoms with Crippen molar-refractivity contribution >= 4 is 28.8 Å². The second-order valence-electron chi connectivity index (χ2n) is 5.75. The normalized spacial score (nSPS) is 17.3. The van der Waals surface area contributed by atoms with Crippen molar-refractivity contribution in [3.63, 3.8) is 0 Å². The van der Waals surface area contributed by atoms with E-state index in [1.165, 1.54) is 0 Å². The van der Waals surface area contributed by atoms with Crippen molar-refractivity contribution in [1.29, 1.82) is 0 Å². The Morgan fingerprint density at radius 2 is 2.39 bits per heavy atom. The van der Waals surface area contributed by atoms with E-state index in [9.17, 15) is 4.79 Å². The zero-order valence-electron chi connectivity index (χ0n) is 12.8. The van der Waals surface area contributed by atoms with Crippen LogP contribution in [0.3, 0.4) is 0 Å². The summed E-state index contributed by atoms with van der Waals surface area (Å²) in [7, 11) is 0. The molecule has 4 nitrogen and oxygen atoms in total. The molecule has 1 aliphatic rings. The molecule has 3 rings (SSSR count). The summed E-state index contributed by atoms with van der Waals surface area (Å²) in [6.45, 7) is 2.25. The van der Waals surface area contributed by atoms with Crippen LogP contribution in [0.5, 0.6) is 0 Å². The van der Waals surface area contributed by atoms with Crippen LogP contribution in [0.15, 0.2) is 29.6 Å². The zero-order valence-corrected chi connectivity index (χ0v) is 14.3. The van der Waals surface area contributed by atoms with Gasteiger partial charge in [-0.05, 0) is 24.1 Å². The number of nitrogens with one attached hydrogen (secondary N) is 1. The first-order valence-electron chi connectivity index (χ1n) is 7.71. The molecule has 1 aromatic heterocycles. The smallest absolute Gasteiger partial charge is 0.226 e. The highest BCUT2D eigenvalue weighted by Crippen LogP contribution is 2.18. The summed E-state index contributed by atoms with van der Waals surface area (Å²) in [5.74, 6) is 0.476. The monoisotopic (exact) mass is 350 g/mol.